The highest BCUT2D eigenvalue weighted by Crippen LogP contribution is 2.07. The first kappa shape index (κ1) is 14.5. The summed E-state index contributed by atoms with van der Waals surface area (Å²) in [6.45, 7) is 0.556. The maximum Gasteiger partial charge on any atom is 0.338 e. The number of hydrogen-bond donors (Lipinski definition) is 2. The molecule has 0 saturated carbocycles. The number of nitrogens with one attached hydrogen (secondary N) is 1. The first-order chi connectivity index (χ1) is 8.66. The fourth-order valence-corrected chi connectivity index (χ4v) is 1.92. The van der Waals surface area contributed by atoms with E-state index in [1.807, 2.05) is 6.26 Å². The van der Waals surface area contributed by atoms with Gasteiger partial charge in [-0.1, -0.05) is 0 Å². The third-order valence-electron chi connectivity index (χ3n) is 2.36. The Hall–Kier alpha value is -1.56. The minimum absolute atomic E-state index is 0.0703. The molecule has 1 heterocycles. The Kier molecular flexibility index (Phi) is 6.21. The molecule has 18 heavy (non-hydrogen) atoms. The van der Waals surface area contributed by atoms with Crippen LogP contribution < -0.4 is 5.32 Å². The molecule has 0 aromatic carbocycles. The Balaban J connectivity index is 2.54. The van der Waals surface area contributed by atoms with Crippen molar-refractivity contribution in [2.45, 2.75) is 12.8 Å². The third kappa shape index (κ3) is 4.37. The summed E-state index contributed by atoms with van der Waals surface area (Å²) in [6, 6.07) is 1.42. The third-order valence-corrected chi connectivity index (χ3v) is 3.05. The standard InChI is InChI=1S/C12H16N2O3S/c1-18-7-3-2-5-14-11(15)9-4-6-13-8-10(9)12(16)17/h4,6,8H,2-3,5,7H2,1H3,(H,14,15)(H,16,17). The van der Waals surface area contributed by atoms with Crippen LogP contribution in [0.2, 0.25) is 0 Å². The van der Waals surface area contributed by atoms with Gasteiger partial charge in [0.1, 0.15) is 0 Å². The topological polar surface area (TPSA) is 79.3 Å². The van der Waals surface area contributed by atoms with E-state index in [0.717, 1.165) is 18.6 Å². The van der Waals surface area contributed by atoms with Crippen molar-refractivity contribution in [3.8, 4) is 0 Å². The monoisotopic (exact) mass is 268 g/mol. The van der Waals surface area contributed by atoms with Gasteiger partial charge in [-0.25, -0.2) is 4.79 Å². The molecule has 0 aliphatic rings. The van der Waals surface area contributed by atoms with Gasteiger partial charge in [0.25, 0.3) is 5.91 Å². The molecule has 1 aromatic rings. The molecule has 0 radical (unpaired) electrons. The normalized spacial score (nSPS) is 10.1. The molecule has 0 bridgehead atoms. The summed E-state index contributed by atoms with van der Waals surface area (Å²) in [5.74, 6) is -0.444. The van der Waals surface area contributed by atoms with Crippen LogP contribution >= 0.6 is 11.8 Å². The van der Waals surface area contributed by atoms with Crippen LogP contribution in [-0.4, -0.2) is 40.5 Å². The molecule has 0 unspecified atom stereocenters. The predicted molar refractivity (Wildman–Crippen MR) is 71.1 cm³/mol. The Morgan fingerprint density at radius 3 is 2.83 bits per heavy atom. The number of pyridine rings is 1. The number of carbonyl (C=O) groups is 2. The number of aromatic carboxylic acids is 1. The lowest BCUT2D eigenvalue weighted by molar-refractivity contribution is 0.0690. The molecule has 0 spiro atoms. The Morgan fingerprint density at radius 2 is 2.17 bits per heavy atom. The fraction of sp³-hybridized carbons (Fsp3) is 0.417. The van der Waals surface area contributed by atoms with E-state index in [9.17, 15) is 9.59 Å². The highest BCUT2D eigenvalue weighted by molar-refractivity contribution is 7.98. The van der Waals surface area contributed by atoms with Gasteiger partial charge in [0, 0.05) is 18.9 Å². The number of hydrogen-bond acceptors (Lipinski definition) is 4. The largest absolute Gasteiger partial charge is 0.478 e. The lowest BCUT2D eigenvalue weighted by atomic mass is 10.1. The Bertz CT molecular complexity index is 424. The lowest BCUT2D eigenvalue weighted by Crippen LogP contribution is -2.26. The van der Waals surface area contributed by atoms with E-state index in [4.69, 9.17) is 5.11 Å². The number of unbranched alkanes of at least 4 members (excludes halogenated alkanes) is 1. The molecule has 1 aromatic heterocycles. The number of thioether (sulfide) groups is 1. The maximum absolute atomic E-state index is 11.8. The molecule has 2 N–H and O–H groups in total. The van der Waals surface area contributed by atoms with Crippen LogP contribution in [0.15, 0.2) is 18.5 Å². The molecule has 0 atom stereocenters. The van der Waals surface area contributed by atoms with Crippen molar-refractivity contribution in [3.05, 3.63) is 29.6 Å². The van der Waals surface area contributed by atoms with Crippen LogP contribution in [0.4, 0.5) is 0 Å². The minimum Gasteiger partial charge on any atom is -0.478 e. The second kappa shape index (κ2) is 7.71. The zero-order valence-electron chi connectivity index (χ0n) is 10.2. The van der Waals surface area contributed by atoms with Gasteiger partial charge in [0.05, 0.1) is 11.1 Å². The summed E-state index contributed by atoms with van der Waals surface area (Å²) in [7, 11) is 0. The van der Waals surface area contributed by atoms with E-state index in [-0.39, 0.29) is 17.0 Å². The van der Waals surface area contributed by atoms with Crippen LogP contribution in [-0.2, 0) is 0 Å². The molecule has 6 heteroatoms. The van der Waals surface area contributed by atoms with Crippen molar-refractivity contribution in [1.82, 2.24) is 10.3 Å². The summed E-state index contributed by atoms with van der Waals surface area (Å²) in [5, 5.41) is 11.6. The number of carboxylic acid groups (broad SMARTS) is 1. The molecular weight excluding hydrogens is 252 g/mol. The van der Waals surface area contributed by atoms with Gasteiger partial charge < -0.3 is 10.4 Å². The number of carboxylic acids is 1. The van der Waals surface area contributed by atoms with Crippen LogP contribution in [0.5, 0.6) is 0 Å². The van der Waals surface area contributed by atoms with Gasteiger partial charge in [-0.05, 0) is 30.9 Å². The molecule has 0 saturated heterocycles. The van der Waals surface area contributed by atoms with E-state index in [2.05, 4.69) is 10.3 Å². The van der Waals surface area contributed by atoms with E-state index in [0.29, 0.717) is 6.54 Å². The van der Waals surface area contributed by atoms with Crippen LogP contribution in [0.1, 0.15) is 33.6 Å². The average molecular weight is 268 g/mol. The molecule has 0 aliphatic heterocycles. The van der Waals surface area contributed by atoms with Gasteiger partial charge in [0.15, 0.2) is 0 Å². The fourth-order valence-electron chi connectivity index (χ4n) is 1.43. The number of rotatable bonds is 7. The summed E-state index contributed by atoms with van der Waals surface area (Å²) in [4.78, 5) is 26.4. The van der Waals surface area contributed by atoms with Crippen LogP contribution in [0.3, 0.4) is 0 Å². The van der Waals surface area contributed by atoms with Crippen molar-refractivity contribution in [3.63, 3.8) is 0 Å². The second-order valence-electron chi connectivity index (χ2n) is 3.68. The van der Waals surface area contributed by atoms with Gasteiger partial charge in [0.2, 0.25) is 0 Å². The van der Waals surface area contributed by atoms with Crippen LogP contribution in [0.25, 0.3) is 0 Å². The quantitative estimate of drug-likeness (QED) is 0.735. The molecule has 1 rings (SSSR count). The molecule has 0 fully saturated rings. The van der Waals surface area contributed by atoms with E-state index in [1.165, 1.54) is 18.5 Å². The van der Waals surface area contributed by atoms with Gasteiger partial charge in [-0.2, -0.15) is 11.8 Å². The summed E-state index contributed by atoms with van der Waals surface area (Å²) in [5.41, 5.74) is 0.0847. The lowest BCUT2D eigenvalue weighted by Gasteiger charge is -2.06. The van der Waals surface area contributed by atoms with E-state index < -0.39 is 5.97 Å². The average Bonchev–Trinajstić information content (AvgIpc) is 2.38. The van der Waals surface area contributed by atoms with Crippen molar-refractivity contribution >= 4 is 23.6 Å². The molecular formula is C12H16N2O3S. The van der Waals surface area contributed by atoms with Crippen molar-refractivity contribution in [1.29, 1.82) is 0 Å². The SMILES string of the molecule is CSCCCCNC(=O)c1ccncc1C(=O)O. The summed E-state index contributed by atoms with van der Waals surface area (Å²) >= 11 is 1.76. The Labute approximate surface area is 110 Å². The van der Waals surface area contributed by atoms with Crippen molar-refractivity contribution in [2.75, 3.05) is 18.6 Å². The highest BCUT2D eigenvalue weighted by Gasteiger charge is 2.15. The predicted octanol–water partition coefficient (Wildman–Crippen LogP) is 1.65. The first-order valence-electron chi connectivity index (χ1n) is 5.61. The van der Waals surface area contributed by atoms with E-state index >= 15 is 0 Å². The van der Waals surface area contributed by atoms with Gasteiger partial charge in [-0.15, -0.1) is 0 Å². The smallest absolute Gasteiger partial charge is 0.338 e. The number of amides is 1. The number of nitrogens with zero attached hydrogens (tertiary/aromatic N) is 1. The maximum atomic E-state index is 11.8. The molecule has 98 valence electrons. The molecule has 1 amide bonds. The second-order valence-corrected chi connectivity index (χ2v) is 4.67. The number of carbonyl (C=O) groups excluding carboxylic acids is 1. The van der Waals surface area contributed by atoms with Crippen molar-refractivity contribution < 1.29 is 14.7 Å². The van der Waals surface area contributed by atoms with Gasteiger partial charge >= 0.3 is 5.97 Å². The van der Waals surface area contributed by atoms with Crippen molar-refractivity contribution in [2.24, 2.45) is 0 Å². The van der Waals surface area contributed by atoms with Gasteiger partial charge in [-0.3, -0.25) is 9.78 Å². The van der Waals surface area contributed by atoms with E-state index in [1.54, 1.807) is 11.8 Å². The van der Waals surface area contributed by atoms with Crippen LogP contribution in [0, 0.1) is 0 Å². The first-order valence-corrected chi connectivity index (χ1v) is 7.00. The minimum atomic E-state index is -1.14. The highest BCUT2D eigenvalue weighted by atomic mass is 32.2. The Morgan fingerprint density at radius 1 is 1.39 bits per heavy atom. The number of aromatic nitrogens is 1. The molecule has 0 aliphatic carbocycles. The zero-order valence-corrected chi connectivity index (χ0v) is 11.0. The summed E-state index contributed by atoms with van der Waals surface area (Å²) in [6.07, 6.45) is 6.55. The summed E-state index contributed by atoms with van der Waals surface area (Å²) < 4.78 is 0. The molecule has 5 nitrogen and oxygen atoms in total. The zero-order chi connectivity index (χ0) is 13.4.